The zero-order chi connectivity index (χ0) is 12.7. The fourth-order valence-corrected chi connectivity index (χ4v) is 1.79. The molecule has 1 aliphatic rings. The van der Waals surface area contributed by atoms with E-state index in [4.69, 9.17) is 0 Å². The summed E-state index contributed by atoms with van der Waals surface area (Å²) in [7, 11) is 0. The van der Waals surface area contributed by atoms with E-state index in [1.165, 1.54) is 6.07 Å². The average molecular weight is 245 g/mol. The van der Waals surface area contributed by atoms with Crippen LogP contribution in [-0.2, 0) is 6.18 Å². The molecule has 0 aromatic carbocycles. The van der Waals surface area contributed by atoms with Crippen molar-refractivity contribution >= 4 is 5.82 Å². The van der Waals surface area contributed by atoms with Gasteiger partial charge in [0.25, 0.3) is 0 Å². The number of anilines is 1. The molecule has 94 valence electrons. The van der Waals surface area contributed by atoms with Crippen molar-refractivity contribution in [2.45, 2.75) is 38.4 Å². The van der Waals surface area contributed by atoms with Crippen LogP contribution in [0.4, 0.5) is 19.0 Å². The molecule has 1 heterocycles. The smallest absolute Gasteiger partial charge is 0.363 e. The van der Waals surface area contributed by atoms with E-state index in [1.54, 1.807) is 0 Å². The van der Waals surface area contributed by atoms with Crippen LogP contribution in [0, 0.1) is 5.92 Å². The summed E-state index contributed by atoms with van der Waals surface area (Å²) in [5.41, 5.74) is -1.11. The van der Waals surface area contributed by atoms with Gasteiger partial charge in [0.2, 0.25) is 0 Å². The Hall–Kier alpha value is -1.33. The topological polar surface area (TPSA) is 37.8 Å². The van der Waals surface area contributed by atoms with Crippen LogP contribution >= 0.6 is 0 Å². The van der Waals surface area contributed by atoms with Gasteiger partial charge in [-0.25, -0.2) is 0 Å². The van der Waals surface area contributed by atoms with E-state index >= 15 is 0 Å². The van der Waals surface area contributed by atoms with Gasteiger partial charge in [-0.3, -0.25) is 0 Å². The lowest BCUT2D eigenvalue weighted by molar-refractivity contribution is -0.141. The molecule has 17 heavy (non-hydrogen) atoms. The van der Waals surface area contributed by atoms with E-state index < -0.39 is 11.9 Å². The average Bonchev–Trinajstić information content (AvgIpc) is 2.99. The highest BCUT2D eigenvalue weighted by Crippen LogP contribution is 2.40. The van der Waals surface area contributed by atoms with Gasteiger partial charge in [0, 0.05) is 5.54 Å². The summed E-state index contributed by atoms with van der Waals surface area (Å²) in [6.07, 6.45) is -2.14. The molecule has 1 aliphatic carbocycles. The van der Waals surface area contributed by atoms with Gasteiger partial charge in [-0.1, -0.05) is 0 Å². The van der Waals surface area contributed by atoms with Gasteiger partial charge in [0.05, 0.1) is 0 Å². The van der Waals surface area contributed by atoms with Gasteiger partial charge in [0.1, 0.15) is 5.82 Å². The second-order valence-electron chi connectivity index (χ2n) is 4.92. The van der Waals surface area contributed by atoms with Crippen molar-refractivity contribution in [2.24, 2.45) is 5.92 Å². The maximum Gasteiger partial charge on any atom is 0.435 e. The van der Waals surface area contributed by atoms with Crippen LogP contribution in [0.5, 0.6) is 0 Å². The second kappa shape index (κ2) is 3.85. The molecule has 0 saturated heterocycles. The molecule has 0 unspecified atom stereocenters. The van der Waals surface area contributed by atoms with Gasteiger partial charge >= 0.3 is 6.18 Å². The van der Waals surface area contributed by atoms with Crippen LogP contribution in [0.15, 0.2) is 12.1 Å². The zero-order valence-corrected chi connectivity index (χ0v) is 9.67. The van der Waals surface area contributed by atoms with Gasteiger partial charge in [0.15, 0.2) is 5.69 Å². The molecule has 0 spiro atoms. The van der Waals surface area contributed by atoms with Crippen LogP contribution in [0.3, 0.4) is 0 Å². The monoisotopic (exact) mass is 245 g/mol. The fourth-order valence-electron chi connectivity index (χ4n) is 1.79. The lowest BCUT2D eigenvalue weighted by Gasteiger charge is -2.26. The summed E-state index contributed by atoms with van der Waals surface area (Å²) in [4.78, 5) is 0. The molecule has 1 N–H and O–H groups in total. The largest absolute Gasteiger partial charge is 0.435 e. The first-order valence-electron chi connectivity index (χ1n) is 5.48. The Morgan fingerprint density at radius 2 is 1.82 bits per heavy atom. The predicted molar refractivity (Wildman–Crippen MR) is 57.5 cm³/mol. The third-order valence-electron chi connectivity index (χ3n) is 3.00. The first-order chi connectivity index (χ1) is 7.79. The summed E-state index contributed by atoms with van der Waals surface area (Å²) in [5, 5.41) is 9.85. The van der Waals surface area contributed by atoms with Gasteiger partial charge in [-0.15, -0.1) is 10.2 Å². The molecule has 1 saturated carbocycles. The molecule has 1 fully saturated rings. The predicted octanol–water partition coefficient (Wildman–Crippen LogP) is 3.10. The molecule has 0 atom stereocenters. The highest BCUT2D eigenvalue weighted by Gasteiger charge is 2.38. The minimum atomic E-state index is -4.43. The molecule has 0 amide bonds. The van der Waals surface area contributed by atoms with E-state index in [0.29, 0.717) is 11.7 Å². The number of hydrogen-bond acceptors (Lipinski definition) is 3. The SMILES string of the molecule is CC(C)(Nc1ccc(C(F)(F)F)nn1)C1CC1. The van der Waals surface area contributed by atoms with E-state index in [9.17, 15) is 13.2 Å². The molecule has 2 rings (SSSR count). The normalized spacial score (nSPS) is 17.0. The summed E-state index contributed by atoms with van der Waals surface area (Å²) < 4.78 is 36.8. The van der Waals surface area contributed by atoms with Crippen LogP contribution in [0.1, 0.15) is 32.4 Å². The molecule has 0 radical (unpaired) electrons. The van der Waals surface area contributed by atoms with Crippen LogP contribution < -0.4 is 5.32 Å². The fraction of sp³-hybridized carbons (Fsp3) is 0.636. The van der Waals surface area contributed by atoms with Gasteiger partial charge < -0.3 is 5.32 Å². The molecular weight excluding hydrogens is 231 g/mol. The Morgan fingerprint density at radius 3 is 2.24 bits per heavy atom. The maximum atomic E-state index is 12.3. The zero-order valence-electron chi connectivity index (χ0n) is 9.67. The van der Waals surface area contributed by atoms with E-state index in [0.717, 1.165) is 18.9 Å². The van der Waals surface area contributed by atoms with Crippen molar-refractivity contribution in [3.05, 3.63) is 17.8 Å². The highest BCUT2D eigenvalue weighted by molar-refractivity contribution is 5.37. The van der Waals surface area contributed by atoms with E-state index in [2.05, 4.69) is 15.5 Å². The quantitative estimate of drug-likeness (QED) is 0.889. The number of rotatable bonds is 3. The van der Waals surface area contributed by atoms with Crippen LogP contribution in [0.25, 0.3) is 0 Å². The number of hydrogen-bond donors (Lipinski definition) is 1. The molecule has 1 aromatic heterocycles. The Labute approximate surface area is 97.4 Å². The highest BCUT2D eigenvalue weighted by atomic mass is 19.4. The molecule has 0 bridgehead atoms. The van der Waals surface area contributed by atoms with Crippen molar-refractivity contribution < 1.29 is 13.2 Å². The van der Waals surface area contributed by atoms with Crippen LogP contribution in [0.2, 0.25) is 0 Å². The molecule has 6 heteroatoms. The standard InChI is InChI=1S/C11H14F3N3/c1-10(2,7-3-4-7)15-9-6-5-8(16-17-9)11(12,13)14/h5-7H,3-4H2,1-2H3,(H,15,17). The van der Waals surface area contributed by atoms with Crippen molar-refractivity contribution in [1.82, 2.24) is 10.2 Å². The Morgan fingerprint density at radius 1 is 1.18 bits per heavy atom. The van der Waals surface area contributed by atoms with Crippen molar-refractivity contribution in [3.8, 4) is 0 Å². The summed E-state index contributed by atoms with van der Waals surface area (Å²) in [5.74, 6) is 0.946. The minimum Gasteiger partial charge on any atom is -0.363 e. The number of halogens is 3. The number of aromatic nitrogens is 2. The number of nitrogens with zero attached hydrogens (tertiary/aromatic N) is 2. The third-order valence-corrected chi connectivity index (χ3v) is 3.00. The minimum absolute atomic E-state index is 0.144. The molecule has 1 aromatic rings. The van der Waals surface area contributed by atoms with E-state index in [1.807, 2.05) is 13.8 Å². The van der Waals surface area contributed by atoms with Gasteiger partial charge in [-0.2, -0.15) is 13.2 Å². The number of alkyl halides is 3. The van der Waals surface area contributed by atoms with Crippen molar-refractivity contribution in [2.75, 3.05) is 5.32 Å². The first kappa shape index (κ1) is 12.1. The molecule has 0 aliphatic heterocycles. The Balaban J connectivity index is 2.08. The number of nitrogens with one attached hydrogen (secondary N) is 1. The lowest BCUT2D eigenvalue weighted by atomic mass is 9.99. The second-order valence-corrected chi connectivity index (χ2v) is 4.92. The van der Waals surface area contributed by atoms with Crippen LogP contribution in [-0.4, -0.2) is 15.7 Å². The molecular formula is C11H14F3N3. The summed E-state index contributed by atoms with van der Waals surface area (Å²) in [6.45, 7) is 4.04. The Bertz CT molecular complexity index is 393. The Kier molecular flexibility index (Phi) is 2.75. The lowest BCUT2D eigenvalue weighted by Crippen LogP contribution is -2.33. The van der Waals surface area contributed by atoms with E-state index in [-0.39, 0.29) is 5.54 Å². The maximum absolute atomic E-state index is 12.3. The first-order valence-corrected chi connectivity index (χ1v) is 5.48. The third kappa shape index (κ3) is 2.87. The van der Waals surface area contributed by atoms with Gasteiger partial charge in [-0.05, 0) is 44.7 Å². The molecule has 3 nitrogen and oxygen atoms in total. The van der Waals surface area contributed by atoms with Crippen molar-refractivity contribution in [1.29, 1.82) is 0 Å². The summed E-state index contributed by atoms with van der Waals surface area (Å²) in [6, 6.07) is 2.26. The van der Waals surface area contributed by atoms with Crippen molar-refractivity contribution in [3.63, 3.8) is 0 Å². The summed E-state index contributed by atoms with van der Waals surface area (Å²) >= 11 is 0.